The highest BCUT2D eigenvalue weighted by Gasteiger charge is 2.08. The number of nitrogens with zero attached hydrogens (tertiary/aromatic N) is 2. The molecule has 0 spiro atoms. The number of nitrogens with one attached hydrogen (secondary N) is 1. The average Bonchev–Trinajstić information content (AvgIpc) is 2.42. The molecule has 100 valence electrons. The quantitative estimate of drug-likeness (QED) is 0.651. The number of rotatable bonds is 4. The van der Waals surface area contributed by atoms with E-state index in [4.69, 9.17) is 10.6 Å². The van der Waals surface area contributed by atoms with Crippen LogP contribution in [0.5, 0.6) is 0 Å². The van der Waals surface area contributed by atoms with Crippen LogP contribution in [0.25, 0.3) is 11.4 Å². The lowest BCUT2D eigenvalue weighted by atomic mass is 10.1. The van der Waals surface area contributed by atoms with Gasteiger partial charge in [0.2, 0.25) is 0 Å². The van der Waals surface area contributed by atoms with Gasteiger partial charge in [-0.15, -0.1) is 0 Å². The Hall–Kier alpha value is -2.05. The molecule has 0 atom stereocenters. The van der Waals surface area contributed by atoms with Crippen molar-refractivity contribution in [1.82, 2.24) is 9.97 Å². The number of hydrogen-bond acceptors (Lipinski definition) is 5. The molecule has 0 saturated heterocycles. The summed E-state index contributed by atoms with van der Waals surface area (Å²) in [6.07, 6.45) is 0. The highest BCUT2D eigenvalue weighted by Crippen LogP contribution is 2.20. The molecule has 2 rings (SSSR count). The van der Waals surface area contributed by atoms with Crippen molar-refractivity contribution in [3.63, 3.8) is 0 Å². The smallest absolute Gasteiger partial charge is 0.162 e. The molecule has 0 aliphatic heterocycles. The van der Waals surface area contributed by atoms with Crippen LogP contribution in [0.3, 0.4) is 0 Å². The lowest BCUT2D eigenvalue weighted by molar-refractivity contribution is 0.181. The van der Waals surface area contributed by atoms with Crippen LogP contribution in [0.15, 0.2) is 24.3 Å². The first-order valence-electron chi connectivity index (χ1n) is 5.74. The van der Waals surface area contributed by atoms with E-state index < -0.39 is 0 Å². The maximum atomic E-state index is 13.6. The van der Waals surface area contributed by atoms with Gasteiger partial charge in [-0.3, -0.25) is 0 Å². The van der Waals surface area contributed by atoms with Gasteiger partial charge in [0, 0.05) is 18.7 Å². The number of nitrogens with two attached hydrogens (primary N) is 1. The van der Waals surface area contributed by atoms with Gasteiger partial charge in [0.25, 0.3) is 0 Å². The van der Waals surface area contributed by atoms with Crippen LogP contribution in [-0.2, 0) is 11.3 Å². The van der Waals surface area contributed by atoms with Crippen LogP contribution in [0.4, 0.5) is 10.2 Å². The van der Waals surface area contributed by atoms with Gasteiger partial charge in [0.15, 0.2) is 5.82 Å². The van der Waals surface area contributed by atoms with E-state index in [1.807, 2.05) is 0 Å². The SMILES string of the molecule is COCc1cc(NN)nc(-c2ccc(C)c(F)c2)n1. The van der Waals surface area contributed by atoms with E-state index in [-0.39, 0.29) is 5.82 Å². The molecule has 19 heavy (non-hydrogen) atoms. The van der Waals surface area contributed by atoms with E-state index in [0.29, 0.717) is 35.1 Å². The van der Waals surface area contributed by atoms with Crippen molar-refractivity contribution < 1.29 is 9.13 Å². The molecule has 0 saturated carbocycles. The van der Waals surface area contributed by atoms with E-state index in [0.717, 1.165) is 0 Å². The summed E-state index contributed by atoms with van der Waals surface area (Å²) in [5, 5.41) is 0. The molecule has 1 heterocycles. The Morgan fingerprint density at radius 1 is 1.32 bits per heavy atom. The first-order valence-corrected chi connectivity index (χ1v) is 5.74. The molecule has 5 nitrogen and oxygen atoms in total. The molecule has 3 N–H and O–H groups in total. The Kier molecular flexibility index (Phi) is 4.03. The molecule has 1 aromatic carbocycles. The molecule has 6 heteroatoms. The van der Waals surface area contributed by atoms with Gasteiger partial charge in [0.05, 0.1) is 12.3 Å². The molecular formula is C13H15FN4O. The molecule has 0 bridgehead atoms. The normalized spacial score (nSPS) is 10.5. The van der Waals surface area contributed by atoms with Crippen LogP contribution in [0.2, 0.25) is 0 Å². The van der Waals surface area contributed by atoms with Crippen LogP contribution < -0.4 is 11.3 Å². The van der Waals surface area contributed by atoms with Crippen molar-refractivity contribution >= 4 is 5.82 Å². The minimum Gasteiger partial charge on any atom is -0.378 e. The Morgan fingerprint density at radius 2 is 2.11 bits per heavy atom. The zero-order chi connectivity index (χ0) is 13.8. The van der Waals surface area contributed by atoms with Crippen molar-refractivity contribution in [3.8, 4) is 11.4 Å². The fraction of sp³-hybridized carbons (Fsp3) is 0.231. The molecule has 0 unspecified atom stereocenters. The second kappa shape index (κ2) is 5.73. The summed E-state index contributed by atoms with van der Waals surface area (Å²) in [6.45, 7) is 2.03. The summed E-state index contributed by atoms with van der Waals surface area (Å²) < 4.78 is 18.6. The summed E-state index contributed by atoms with van der Waals surface area (Å²) in [7, 11) is 1.57. The van der Waals surface area contributed by atoms with Crippen LogP contribution in [-0.4, -0.2) is 17.1 Å². The van der Waals surface area contributed by atoms with Gasteiger partial charge < -0.3 is 10.2 Å². The third kappa shape index (κ3) is 3.04. The highest BCUT2D eigenvalue weighted by molar-refractivity contribution is 5.58. The predicted molar refractivity (Wildman–Crippen MR) is 70.7 cm³/mol. The minimum atomic E-state index is -0.291. The monoisotopic (exact) mass is 262 g/mol. The lowest BCUT2D eigenvalue weighted by Gasteiger charge is -2.08. The molecule has 2 aromatic rings. The summed E-state index contributed by atoms with van der Waals surface area (Å²) in [4.78, 5) is 8.52. The fourth-order valence-corrected chi connectivity index (χ4v) is 1.65. The number of anilines is 1. The molecule has 0 fully saturated rings. The van der Waals surface area contributed by atoms with Crippen LogP contribution in [0.1, 0.15) is 11.3 Å². The standard InChI is InChI=1S/C13H15FN4O/c1-8-3-4-9(5-11(8)14)13-16-10(7-19-2)6-12(17-13)18-15/h3-6H,7,15H2,1-2H3,(H,16,17,18). The second-order valence-corrected chi connectivity index (χ2v) is 4.11. The van der Waals surface area contributed by atoms with Crippen molar-refractivity contribution in [2.45, 2.75) is 13.5 Å². The predicted octanol–water partition coefficient (Wildman–Crippen LogP) is 2.02. The Bertz CT molecular complexity index is 589. The van der Waals surface area contributed by atoms with Crippen molar-refractivity contribution in [2.75, 3.05) is 12.5 Å². The topological polar surface area (TPSA) is 73.1 Å². The molecule has 0 amide bonds. The Morgan fingerprint density at radius 3 is 2.74 bits per heavy atom. The van der Waals surface area contributed by atoms with Gasteiger partial charge >= 0.3 is 0 Å². The van der Waals surface area contributed by atoms with E-state index in [9.17, 15) is 4.39 Å². The van der Waals surface area contributed by atoms with Gasteiger partial charge in [-0.25, -0.2) is 20.2 Å². The molecule has 0 radical (unpaired) electrons. The van der Waals surface area contributed by atoms with Gasteiger partial charge in [-0.05, 0) is 18.6 Å². The number of benzene rings is 1. The van der Waals surface area contributed by atoms with Crippen molar-refractivity contribution in [2.24, 2.45) is 5.84 Å². The van der Waals surface area contributed by atoms with Gasteiger partial charge in [-0.1, -0.05) is 12.1 Å². The zero-order valence-corrected chi connectivity index (χ0v) is 10.8. The largest absolute Gasteiger partial charge is 0.378 e. The second-order valence-electron chi connectivity index (χ2n) is 4.11. The molecular weight excluding hydrogens is 247 g/mol. The van der Waals surface area contributed by atoms with Crippen molar-refractivity contribution in [1.29, 1.82) is 0 Å². The van der Waals surface area contributed by atoms with Gasteiger partial charge in [-0.2, -0.15) is 0 Å². The number of nitrogen functional groups attached to an aromatic ring is 1. The number of methoxy groups -OCH3 is 1. The number of hydrazine groups is 1. The summed E-state index contributed by atoms with van der Waals surface area (Å²) in [6, 6.07) is 6.54. The minimum absolute atomic E-state index is 0.291. The number of aromatic nitrogens is 2. The Labute approximate surface area is 110 Å². The van der Waals surface area contributed by atoms with E-state index in [1.54, 1.807) is 32.2 Å². The molecule has 0 aliphatic rings. The number of hydrogen-bond donors (Lipinski definition) is 2. The van der Waals surface area contributed by atoms with Crippen LogP contribution >= 0.6 is 0 Å². The number of aryl methyl sites for hydroxylation is 1. The first kappa shape index (κ1) is 13.4. The highest BCUT2D eigenvalue weighted by atomic mass is 19.1. The number of halogens is 1. The summed E-state index contributed by atoms with van der Waals surface area (Å²) in [5.74, 6) is 5.93. The van der Waals surface area contributed by atoms with E-state index in [1.165, 1.54) is 6.07 Å². The van der Waals surface area contributed by atoms with E-state index >= 15 is 0 Å². The average molecular weight is 262 g/mol. The molecule has 1 aromatic heterocycles. The van der Waals surface area contributed by atoms with E-state index in [2.05, 4.69) is 15.4 Å². The maximum Gasteiger partial charge on any atom is 0.162 e. The third-order valence-electron chi connectivity index (χ3n) is 2.65. The van der Waals surface area contributed by atoms with Crippen LogP contribution in [0, 0.1) is 12.7 Å². The fourth-order valence-electron chi connectivity index (χ4n) is 1.65. The molecule has 0 aliphatic carbocycles. The third-order valence-corrected chi connectivity index (χ3v) is 2.65. The summed E-state index contributed by atoms with van der Waals surface area (Å²) in [5.41, 5.74) is 4.30. The Balaban J connectivity index is 2.47. The number of ether oxygens (including phenoxy) is 1. The summed E-state index contributed by atoms with van der Waals surface area (Å²) >= 11 is 0. The zero-order valence-electron chi connectivity index (χ0n) is 10.8. The first-order chi connectivity index (χ1) is 9.13. The van der Waals surface area contributed by atoms with Gasteiger partial charge in [0.1, 0.15) is 11.6 Å². The lowest BCUT2D eigenvalue weighted by Crippen LogP contribution is -2.11. The maximum absolute atomic E-state index is 13.6. The van der Waals surface area contributed by atoms with Crippen molar-refractivity contribution in [3.05, 3.63) is 41.3 Å².